The summed E-state index contributed by atoms with van der Waals surface area (Å²) >= 11 is 3.41. The third kappa shape index (κ3) is 2.73. The second-order valence-corrected chi connectivity index (χ2v) is 5.09. The van der Waals surface area contributed by atoms with Gasteiger partial charge in [0.25, 0.3) is 0 Å². The highest BCUT2D eigenvalue weighted by Crippen LogP contribution is 2.22. The molecule has 0 fully saturated rings. The summed E-state index contributed by atoms with van der Waals surface area (Å²) in [5, 5.41) is 3.92. The molecule has 0 radical (unpaired) electrons. The zero-order valence-electron chi connectivity index (χ0n) is 9.72. The van der Waals surface area contributed by atoms with E-state index >= 15 is 0 Å². The van der Waals surface area contributed by atoms with Crippen LogP contribution in [0.4, 0.5) is 0 Å². The van der Waals surface area contributed by atoms with Crippen molar-refractivity contribution in [2.75, 3.05) is 0 Å². The normalized spacial score (nSPS) is 13.0. The van der Waals surface area contributed by atoms with Gasteiger partial charge < -0.3 is 10.3 Å². The van der Waals surface area contributed by atoms with Gasteiger partial charge in [-0.1, -0.05) is 47.1 Å². The average Bonchev–Trinajstić information content (AvgIpc) is 2.77. The van der Waals surface area contributed by atoms with Crippen molar-refractivity contribution in [1.29, 1.82) is 0 Å². The van der Waals surface area contributed by atoms with Gasteiger partial charge in [-0.3, -0.25) is 0 Å². The van der Waals surface area contributed by atoms with Gasteiger partial charge in [-0.25, -0.2) is 0 Å². The van der Waals surface area contributed by atoms with Crippen molar-refractivity contribution >= 4 is 15.9 Å². The van der Waals surface area contributed by atoms with Gasteiger partial charge in [0.1, 0.15) is 0 Å². The van der Waals surface area contributed by atoms with E-state index in [0.29, 0.717) is 11.7 Å². The Bertz CT molecular complexity index is 510. The Balaban J connectivity index is 2.27. The quantitative estimate of drug-likeness (QED) is 0.945. The minimum absolute atomic E-state index is 0.214. The van der Waals surface area contributed by atoms with Crippen LogP contribution in [0.5, 0.6) is 0 Å². The minimum atomic E-state index is -0.358. The maximum Gasteiger partial charge on any atom is 0.229 e. The molecule has 0 aliphatic heterocycles. The zero-order valence-corrected chi connectivity index (χ0v) is 11.3. The van der Waals surface area contributed by atoms with Gasteiger partial charge >= 0.3 is 0 Å². The van der Waals surface area contributed by atoms with E-state index in [0.717, 1.165) is 10.0 Å². The molecule has 1 aromatic carbocycles. The first kappa shape index (κ1) is 12.3. The summed E-state index contributed by atoms with van der Waals surface area (Å²) in [4.78, 5) is 4.30. The van der Waals surface area contributed by atoms with Crippen LogP contribution in [0.2, 0.25) is 0 Å². The molecule has 0 saturated carbocycles. The SMILES string of the molecule is CC(C)c1nc(C(N)c2cccc(Br)c2)no1. The molecule has 0 aliphatic carbocycles. The summed E-state index contributed by atoms with van der Waals surface area (Å²) in [6.07, 6.45) is 0. The van der Waals surface area contributed by atoms with Crippen molar-refractivity contribution in [2.45, 2.75) is 25.8 Å². The number of benzene rings is 1. The van der Waals surface area contributed by atoms with Gasteiger partial charge in [-0.2, -0.15) is 4.98 Å². The van der Waals surface area contributed by atoms with Crippen LogP contribution >= 0.6 is 15.9 Å². The molecule has 0 saturated heterocycles. The second-order valence-electron chi connectivity index (χ2n) is 4.18. The van der Waals surface area contributed by atoms with E-state index in [9.17, 15) is 0 Å². The van der Waals surface area contributed by atoms with Gasteiger partial charge in [0, 0.05) is 10.4 Å². The Kier molecular flexibility index (Phi) is 3.59. The number of nitrogens with two attached hydrogens (primary N) is 1. The molecule has 5 heteroatoms. The lowest BCUT2D eigenvalue weighted by atomic mass is 10.1. The fourth-order valence-electron chi connectivity index (χ4n) is 1.46. The first-order chi connectivity index (χ1) is 8.08. The lowest BCUT2D eigenvalue weighted by molar-refractivity contribution is 0.359. The van der Waals surface area contributed by atoms with E-state index in [1.807, 2.05) is 38.1 Å². The molecule has 2 N–H and O–H groups in total. The van der Waals surface area contributed by atoms with Crippen LogP contribution in [0, 0.1) is 0 Å². The van der Waals surface area contributed by atoms with Gasteiger partial charge in [0.05, 0.1) is 6.04 Å². The predicted octanol–water partition coefficient (Wildman–Crippen LogP) is 3.00. The molecule has 2 aromatic rings. The Morgan fingerprint density at radius 2 is 2.12 bits per heavy atom. The number of aromatic nitrogens is 2. The molecule has 1 heterocycles. The molecular formula is C12H14BrN3O. The fourth-order valence-corrected chi connectivity index (χ4v) is 1.87. The fraction of sp³-hybridized carbons (Fsp3) is 0.333. The van der Waals surface area contributed by atoms with Crippen LogP contribution in [-0.4, -0.2) is 10.1 Å². The number of hydrogen-bond acceptors (Lipinski definition) is 4. The molecular weight excluding hydrogens is 282 g/mol. The average molecular weight is 296 g/mol. The van der Waals surface area contributed by atoms with Gasteiger partial charge in [-0.05, 0) is 17.7 Å². The molecule has 1 aromatic heterocycles. The highest BCUT2D eigenvalue weighted by Gasteiger charge is 2.17. The first-order valence-corrected chi connectivity index (χ1v) is 6.21. The number of rotatable bonds is 3. The molecule has 0 spiro atoms. The summed E-state index contributed by atoms with van der Waals surface area (Å²) in [6.45, 7) is 4.00. The van der Waals surface area contributed by atoms with Crippen molar-refractivity contribution in [3.63, 3.8) is 0 Å². The highest BCUT2D eigenvalue weighted by atomic mass is 79.9. The van der Waals surface area contributed by atoms with Gasteiger partial charge in [0.15, 0.2) is 5.82 Å². The van der Waals surface area contributed by atoms with Crippen molar-refractivity contribution in [1.82, 2.24) is 10.1 Å². The molecule has 4 nitrogen and oxygen atoms in total. The maximum atomic E-state index is 6.09. The van der Waals surface area contributed by atoms with Crippen molar-refractivity contribution < 1.29 is 4.52 Å². The van der Waals surface area contributed by atoms with Crippen molar-refractivity contribution in [3.05, 3.63) is 46.0 Å². The highest BCUT2D eigenvalue weighted by molar-refractivity contribution is 9.10. The Morgan fingerprint density at radius 3 is 2.71 bits per heavy atom. The summed E-state index contributed by atoms with van der Waals surface area (Å²) in [5.41, 5.74) is 7.05. The maximum absolute atomic E-state index is 6.09. The van der Waals surface area contributed by atoms with E-state index in [1.54, 1.807) is 0 Å². The monoisotopic (exact) mass is 295 g/mol. The smallest absolute Gasteiger partial charge is 0.229 e. The van der Waals surface area contributed by atoms with Crippen LogP contribution in [0.25, 0.3) is 0 Å². The summed E-state index contributed by atoms with van der Waals surface area (Å²) in [5.74, 6) is 1.35. The molecule has 0 amide bonds. The Labute approximate surface area is 108 Å². The molecule has 1 atom stereocenters. The third-order valence-electron chi connectivity index (χ3n) is 2.44. The predicted molar refractivity (Wildman–Crippen MR) is 68.6 cm³/mol. The molecule has 90 valence electrons. The topological polar surface area (TPSA) is 64.9 Å². The van der Waals surface area contributed by atoms with Crippen LogP contribution in [0.1, 0.15) is 43.1 Å². The molecule has 2 rings (SSSR count). The van der Waals surface area contributed by atoms with Crippen LogP contribution in [0.3, 0.4) is 0 Å². The minimum Gasteiger partial charge on any atom is -0.339 e. The third-order valence-corrected chi connectivity index (χ3v) is 2.93. The van der Waals surface area contributed by atoms with Crippen LogP contribution < -0.4 is 5.73 Å². The lowest BCUT2D eigenvalue weighted by Gasteiger charge is -2.07. The number of nitrogens with zero attached hydrogens (tertiary/aromatic N) is 2. The number of hydrogen-bond donors (Lipinski definition) is 1. The Hall–Kier alpha value is -1.20. The van der Waals surface area contributed by atoms with E-state index in [4.69, 9.17) is 10.3 Å². The standard InChI is InChI=1S/C12H14BrN3O/c1-7(2)12-15-11(16-17-12)10(14)8-4-3-5-9(13)6-8/h3-7,10H,14H2,1-2H3. The lowest BCUT2D eigenvalue weighted by Crippen LogP contribution is -2.13. The van der Waals surface area contributed by atoms with E-state index in [-0.39, 0.29) is 12.0 Å². The van der Waals surface area contributed by atoms with E-state index < -0.39 is 0 Å². The molecule has 1 unspecified atom stereocenters. The van der Waals surface area contributed by atoms with E-state index in [2.05, 4.69) is 26.1 Å². The zero-order chi connectivity index (χ0) is 12.4. The second kappa shape index (κ2) is 4.98. The molecule has 0 bridgehead atoms. The van der Waals surface area contributed by atoms with Crippen LogP contribution in [-0.2, 0) is 0 Å². The summed E-state index contributed by atoms with van der Waals surface area (Å²) in [6, 6.07) is 7.43. The number of halogens is 1. The Morgan fingerprint density at radius 1 is 1.35 bits per heavy atom. The van der Waals surface area contributed by atoms with E-state index in [1.165, 1.54) is 0 Å². The van der Waals surface area contributed by atoms with Crippen LogP contribution in [0.15, 0.2) is 33.3 Å². The van der Waals surface area contributed by atoms with Gasteiger partial charge in [0.2, 0.25) is 5.89 Å². The molecule has 17 heavy (non-hydrogen) atoms. The van der Waals surface area contributed by atoms with Crippen molar-refractivity contribution in [3.8, 4) is 0 Å². The van der Waals surface area contributed by atoms with Gasteiger partial charge in [-0.15, -0.1) is 0 Å². The summed E-state index contributed by atoms with van der Waals surface area (Å²) in [7, 11) is 0. The molecule has 0 aliphatic rings. The largest absolute Gasteiger partial charge is 0.339 e. The van der Waals surface area contributed by atoms with Crippen molar-refractivity contribution in [2.24, 2.45) is 5.73 Å². The summed E-state index contributed by atoms with van der Waals surface area (Å²) < 4.78 is 6.13. The first-order valence-electron chi connectivity index (χ1n) is 5.42.